The SMILES string of the molecule is CCSCC(C)NC(=O)C(N)CCOC. The summed E-state index contributed by atoms with van der Waals surface area (Å²) in [5.74, 6) is 1.91. The van der Waals surface area contributed by atoms with Crippen molar-refractivity contribution >= 4 is 17.7 Å². The van der Waals surface area contributed by atoms with Gasteiger partial charge >= 0.3 is 0 Å². The van der Waals surface area contributed by atoms with E-state index in [1.165, 1.54) is 0 Å². The maximum Gasteiger partial charge on any atom is 0.237 e. The molecule has 0 saturated heterocycles. The number of ether oxygens (including phenoxy) is 1. The van der Waals surface area contributed by atoms with Crippen LogP contribution < -0.4 is 11.1 Å². The van der Waals surface area contributed by atoms with Crippen molar-refractivity contribution in [2.75, 3.05) is 25.2 Å². The summed E-state index contributed by atoms with van der Waals surface area (Å²) in [7, 11) is 1.60. The van der Waals surface area contributed by atoms with E-state index in [4.69, 9.17) is 10.5 Å². The number of nitrogens with two attached hydrogens (primary N) is 1. The Hall–Kier alpha value is -0.260. The van der Waals surface area contributed by atoms with Gasteiger partial charge in [-0.1, -0.05) is 6.92 Å². The lowest BCUT2D eigenvalue weighted by atomic mass is 10.2. The molecule has 0 heterocycles. The zero-order valence-electron chi connectivity index (χ0n) is 9.79. The average Bonchev–Trinajstić information content (AvgIpc) is 2.22. The van der Waals surface area contributed by atoms with E-state index >= 15 is 0 Å². The summed E-state index contributed by atoms with van der Waals surface area (Å²) in [5.41, 5.74) is 5.68. The molecule has 0 aliphatic carbocycles. The normalized spacial score (nSPS) is 14.7. The fraction of sp³-hybridized carbons (Fsp3) is 0.900. The molecular formula is C10H22N2O2S. The maximum absolute atomic E-state index is 11.5. The van der Waals surface area contributed by atoms with Gasteiger partial charge in [-0.05, 0) is 19.1 Å². The third-order valence-corrected chi connectivity index (χ3v) is 3.07. The smallest absolute Gasteiger partial charge is 0.237 e. The minimum absolute atomic E-state index is 0.0868. The van der Waals surface area contributed by atoms with Gasteiger partial charge in [0.1, 0.15) is 0 Å². The number of amides is 1. The molecule has 2 atom stereocenters. The van der Waals surface area contributed by atoms with Crippen LogP contribution in [0.5, 0.6) is 0 Å². The van der Waals surface area contributed by atoms with Crippen molar-refractivity contribution in [1.82, 2.24) is 5.32 Å². The van der Waals surface area contributed by atoms with Crippen LogP contribution in [0.15, 0.2) is 0 Å². The first-order chi connectivity index (χ1) is 7.11. The van der Waals surface area contributed by atoms with Crippen molar-refractivity contribution in [1.29, 1.82) is 0 Å². The van der Waals surface area contributed by atoms with Crippen LogP contribution in [0.1, 0.15) is 20.3 Å². The van der Waals surface area contributed by atoms with Gasteiger partial charge in [0.25, 0.3) is 0 Å². The number of nitrogens with one attached hydrogen (secondary N) is 1. The van der Waals surface area contributed by atoms with Gasteiger partial charge in [0.15, 0.2) is 0 Å². The zero-order chi connectivity index (χ0) is 11.7. The van der Waals surface area contributed by atoms with Crippen molar-refractivity contribution in [3.05, 3.63) is 0 Å². The molecule has 1 amide bonds. The lowest BCUT2D eigenvalue weighted by Gasteiger charge is -2.16. The third-order valence-electron chi connectivity index (χ3n) is 1.93. The van der Waals surface area contributed by atoms with E-state index in [0.29, 0.717) is 13.0 Å². The lowest BCUT2D eigenvalue weighted by molar-refractivity contribution is -0.123. The quantitative estimate of drug-likeness (QED) is 0.646. The summed E-state index contributed by atoms with van der Waals surface area (Å²) in [4.78, 5) is 11.5. The number of thioether (sulfide) groups is 1. The van der Waals surface area contributed by atoms with Crippen LogP contribution >= 0.6 is 11.8 Å². The van der Waals surface area contributed by atoms with E-state index in [-0.39, 0.29) is 11.9 Å². The number of methoxy groups -OCH3 is 1. The van der Waals surface area contributed by atoms with Gasteiger partial charge in [0.2, 0.25) is 5.91 Å². The zero-order valence-corrected chi connectivity index (χ0v) is 10.6. The molecule has 0 aliphatic heterocycles. The topological polar surface area (TPSA) is 64.4 Å². The summed E-state index contributed by atoms with van der Waals surface area (Å²) in [6, 6.07) is -0.282. The van der Waals surface area contributed by atoms with Gasteiger partial charge in [0, 0.05) is 25.5 Å². The average molecular weight is 234 g/mol. The molecule has 4 nitrogen and oxygen atoms in total. The second-order valence-electron chi connectivity index (χ2n) is 3.46. The van der Waals surface area contributed by atoms with Crippen LogP contribution in [-0.2, 0) is 9.53 Å². The van der Waals surface area contributed by atoms with Crippen molar-refractivity contribution in [3.8, 4) is 0 Å². The molecule has 3 N–H and O–H groups in total. The van der Waals surface area contributed by atoms with Gasteiger partial charge in [-0.2, -0.15) is 11.8 Å². The highest BCUT2D eigenvalue weighted by Gasteiger charge is 2.14. The number of carbonyl (C=O) groups is 1. The molecule has 0 radical (unpaired) electrons. The Labute approximate surface area is 96.3 Å². The predicted octanol–water partition coefficient (Wildman–Crippen LogP) is 0.608. The molecule has 2 unspecified atom stereocenters. The van der Waals surface area contributed by atoms with Crippen molar-refractivity contribution in [2.24, 2.45) is 5.73 Å². The molecule has 15 heavy (non-hydrogen) atoms. The Kier molecular flexibility index (Phi) is 8.85. The van der Waals surface area contributed by atoms with Crippen LogP contribution in [0.3, 0.4) is 0 Å². The highest BCUT2D eigenvalue weighted by molar-refractivity contribution is 7.99. The summed E-state index contributed by atoms with van der Waals surface area (Å²) in [5, 5.41) is 2.88. The van der Waals surface area contributed by atoms with Crippen LogP contribution in [0.2, 0.25) is 0 Å². The van der Waals surface area contributed by atoms with Gasteiger partial charge in [-0.15, -0.1) is 0 Å². The molecule has 0 aliphatic rings. The van der Waals surface area contributed by atoms with E-state index in [1.807, 2.05) is 18.7 Å². The van der Waals surface area contributed by atoms with Crippen LogP contribution in [0.25, 0.3) is 0 Å². The number of carbonyl (C=O) groups excluding carboxylic acids is 1. The standard InChI is InChI=1S/C10H22N2O2S/c1-4-15-7-8(2)12-10(13)9(11)5-6-14-3/h8-9H,4-7,11H2,1-3H3,(H,12,13). The Bertz CT molecular complexity index is 179. The number of hydrogen-bond acceptors (Lipinski definition) is 4. The molecule has 90 valence electrons. The Morgan fingerprint density at radius 3 is 2.80 bits per heavy atom. The molecule has 0 bridgehead atoms. The molecule has 0 rings (SSSR count). The van der Waals surface area contributed by atoms with E-state index in [9.17, 15) is 4.79 Å². The first-order valence-electron chi connectivity index (χ1n) is 5.24. The summed E-state index contributed by atoms with van der Waals surface area (Å²) >= 11 is 1.81. The number of hydrogen-bond donors (Lipinski definition) is 2. The van der Waals surface area contributed by atoms with E-state index < -0.39 is 6.04 Å². The van der Waals surface area contributed by atoms with Crippen molar-refractivity contribution in [2.45, 2.75) is 32.4 Å². The van der Waals surface area contributed by atoms with Gasteiger partial charge in [-0.3, -0.25) is 4.79 Å². The summed E-state index contributed by atoms with van der Waals surface area (Å²) < 4.78 is 4.87. The van der Waals surface area contributed by atoms with Gasteiger partial charge < -0.3 is 15.8 Å². The first kappa shape index (κ1) is 14.7. The molecule has 5 heteroatoms. The van der Waals surface area contributed by atoms with Crippen molar-refractivity contribution < 1.29 is 9.53 Å². The fourth-order valence-corrected chi connectivity index (χ4v) is 1.73. The third kappa shape index (κ3) is 7.64. The predicted molar refractivity (Wildman–Crippen MR) is 65.1 cm³/mol. The first-order valence-corrected chi connectivity index (χ1v) is 6.39. The minimum Gasteiger partial charge on any atom is -0.385 e. The van der Waals surface area contributed by atoms with E-state index in [2.05, 4.69) is 12.2 Å². The van der Waals surface area contributed by atoms with Crippen molar-refractivity contribution in [3.63, 3.8) is 0 Å². The monoisotopic (exact) mass is 234 g/mol. The van der Waals surface area contributed by atoms with Crippen LogP contribution in [0, 0.1) is 0 Å². The van der Waals surface area contributed by atoms with Gasteiger partial charge in [-0.25, -0.2) is 0 Å². The fourth-order valence-electron chi connectivity index (χ4n) is 1.06. The molecule has 0 saturated carbocycles. The largest absolute Gasteiger partial charge is 0.385 e. The Morgan fingerprint density at radius 2 is 2.27 bits per heavy atom. The highest BCUT2D eigenvalue weighted by atomic mass is 32.2. The van der Waals surface area contributed by atoms with E-state index in [1.54, 1.807) is 7.11 Å². The molecule has 0 fully saturated rings. The van der Waals surface area contributed by atoms with Crippen LogP contribution in [-0.4, -0.2) is 43.2 Å². The second-order valence-corrected chi connectivity index (χ2v) is 4.78. The highest BCUT2D eigenvalue weighted by Crippen LogP contribution is 2.01. The maximum atomic E-state index is 11.5. The Balaban J connectivity index is 3.70. The molecule has 0 aromatic carbocycles. The van der Waals surface area contributed by atoms with E-state index in [0.717, 1.165) is 11.5 Å². The van der Waals surface area contributed by atoms with Crippen LogP contribution in [0.4, 0.5) is 0 Å². The Morgan fingerprint density at radius 1 is 1.60 bits per heavy atom. The second kappa shape index (κ2) is 9.00. The molecule has 0 aromatic heterocycles. The molecular weight excluding hydrogens is 212 g/mol. The number of rotatable bonds is 8. The molecule has 0 spiro atoms. The minimum atomic E-state index is -0.459. The lowest BCUT2D eigenvalue weighted by Crippen LogP contribution is -2.45. The summed E-state index contributed by atoms with van der Waals surface area (Å²) in [6.07, 6.45) is 0.565. The molecule has 0 aromatic rings. The van der Waals surface area contributed by atoms with Gasteiger partial charge in [0.05, 0.1) is 6.04 Å². The summed E-state index contributed by atoms with van der Waals surface area (Å²) in [6.45, 7) is 4.61.